The molecule has 0 saturated carbocycles. The second kappa shape index (κ2) is 7.13. The van der Waals surface area contributed by atoms with Gasteiger partial charge in [0.2, 0.25) is 5.91 Å². The molecule has 0 aliphatic rings. The maximum atomic E-state index is 12.3. The number of hydrogen-bond acceptors (Lipinski definition) is 3. The van der Waals surface area contributed by atoms with Crippen LogP contribution in [0.15, 0.2) is 45.9 Å². The van der Waals surface area contributed by atoms with Crippen LogP contribution in [0.2, 0.25) is 0 Å². The van der Waals surface area contributed by atoms with E-state index in [1.54, 1.807) is 10.9 Å². The highest BCUT2D eigenvalue weighted by atomic mass is 79.9. The molecule has 0 radical (unpaired) electrons. The number of aromatic nitrogens is 2. The molecule has 4 nitrogen and oxygen atoms in total. The number of amides is 1. The maximum absolute atomic E-state index is 12.3. The first-order valence-electron chi connectivity index (χ1n) is 6.74. The fraction of sp³-hybridized carbons (Fsp3) is 0.333. The molecule has 1 N–H and O–H groups in total. The fourth-order valence-corrected chi connectivity index (χ4v) is 2.96. The highest BCUT2D eigenvalue weighted by Gasteiger charge is 2.17. The molecule has 1 heterocycles. The van der Waals surface area contributed by atoms with Crippen molar-refractivity contribution in [1.82, 2.24) is 9.78 Å². The van der Waals surface area contributed by atoms with E-state index in [1.807, 2.05) is 51.1 Å². The highest BCUT2D eigenvalue weighted by Crippen LogP contribution is 2.26. The van der Waals surface area contributed by atoms with Gasteiger partial charge in [0.05, 0.1) is 11.4 Å². The van der Waals surface area contributed by atoms with E-state index in [4.69, 9.17) is 0 Å². The Morgan fingerprint density at radius 3 is 2.52 bits per heavy atom. The first kappa shape index (κ1) is 16.1. The van der Waals surface area contributed by atoms with Crippen LogP contribution in [0.1, 0.15) is 26.8 Å². The molecule has 6 heteroatoms. The van der Waals surface area contributed by atoms with Crippen LogP contribution in [0.25, 0.3) is 0 Å². The van der Waals surface area contributed by atoms with Crippen LogP contribution in [-0.4, -0.2) is 20.9 Å². The van der Waals surface area contributed by atoms with E-state index < -0.39 is 0 Å². The predicted molar refractivity (Wildman–Crippen MR) is 90.7 cm³/mol. The lowest BCUT2D eigenvalue weighted by Crippen LogP contribution is -2.24. The zero-order valence-electron chi connectivity index (χ0n) is 12.2. The molecule has 21 heavy (non-hydrogen) atoms. The zero-order valence-corrected chi connectivity index (χ0v) is 14.6. The Labute approximate surface area is 137 Å². The van der Waals surface area contributed by atoms with Crippen LogP contribution in [0.4, 0.5) is 5.82 Å². The van der Waals surface area contributed by atoms with Crippen molar-refractivity contribution < 1.29 is 4.79 Å². The molecule has 1 aromatic heterocycles. The van der Waals surface area contributed by atoms with Crippen LogP contribution in [0.3, 0.4) is 0 Å². The van der Waals surface area contributed by atoms with E-state index in [-0.39, 0.29) is 17.2 Å². The van der Waals surface area contributed by atoms with Gasteiger partial charge in [0, 0.05) is 21.5 Å². The van der Waals surface area contributed by atoms with Crippen molar-refractivity contribution in [1.29, 1.82) is 0 Å². The first-order chi connectivity index (χ1) is 9.97. The van der Waals surface area contributed by atoms with E-state index in [0.29, 0.717) is 0 Å². The standard InChI is InChI=1S/C15H18BrN3OS/c1-10(2)19-14(8-9-17-19)18-15(20)11(3)21-13-6-4-12(16)5-7-13/h4-11H,1-3H3,(H,18,20)/t11-/m1/s1. The van der Waals surface area contributed by atoms with E-state index in [2.05, 4.69) is 26.3 Å². The van der Waals surface area contributed by atoms with Crippen molar-refractivity contribution in [2.45, 2.75) is 37.0 Å². The molecule has 0 spiro atoms. The van der Waals surface area contributed by atoms with Gasteiger partial charge in [0.1, 0.15) is 5.82 Å². The summed E-state index contributed by atoms with van der Waals surface area (Å²) in [6, 6.07) is 9.97. The van der Waals surface area contributed by atoms with Gasteiger partial charge in [-0.1, -0.05) is 15.9 Å². The van der Waals surface area contributed by atoms with Crippen LogP contribution in [0.5, 0.6) is 0 Å². The molecule has 112 valence electrons. The van der Waals surface area contributed by atoms with Crippen LogP contribution in [-0.2, 0) is 4.79 Å². The number of thioether (sulfide) groups is 1. The van der Waals surface area contributed by atoms with Crippen molar-refractivity contribution in [2.24, 2.45) is 0 Å². The van der Waals surface area contributed by atoms with Crippen molar-refractivity contribution in [3.63, 3.8) is 0 Å². The van der Waals surface area contributed by atoms with E-state index >= 15 is 0 Å². The summed E-state index contributed by atoms with van der Waals surface area (Å²) < 4.78 is 2.83. The molecule has 0 fully saturated rings. The Hall–Kier alpha value is -1.27. The van der Waals surface area contributed by atoms with Crippen molar-refractivity contribution in [3.8, 4) is 0 Å². The first-order valence-corrected chi connectivity index (χ1v) is 8.41. The molecule has 2 aromatic rings. The molecule has 0 saturated heterocycles. The summed E-state index contributed by atoms with van der Waals surface area (Å²) in [7, 11) is 0. The van der Waals surface area contributed by atoms with Gasteiger partial charge in [-0.25, -0.2) is 4.68 Å². The predicted octanol–water partition coefficient (Wildman–Crippen LogP) is 4.35. The molecule has 1 aromatic carbocycles. The number of hydrogen-bond donors (Lipinski definition) is 1. The lowest BCUT2D eigenvalue weighted by atomic mass is 10.4. The van der Waals surface area contributed by atoms with Crippen LogP contribution < -0.4 is 5.32 Å². The van der Waals surface area contributed by atoms with Gasteiger partial charge in [-0.3, -0.25) is 4.79 Å². The Morgan fingerprint density at radius 2 is 1.90 bits per heavy atom. The van der Waals surface area contributed by atoms with Crippen LogP contribution in [0, 0.1) is 0 Å². The monoisotopic (exact) mass is 367 g/mol. The molecular weight excluding hydrogens is 350 g/mol. The number of rotatable bonds is 5. The minimum atomic E-state index is -0.179. The van der Waals surface area contributed by atoms with Gasteiger partial charge < -0.3 is 5.32 Å². The lowest BCUT2D eigenvalue weighted by Gasteiger charge is -2.15. The summed E-state index contributed by atoms with van der Waals surface area (Å²) in [5.41, 5.74) is 0. The second-order valence-corrected chi connectivity index (χ2v) is 7.29. The summed E-state index contributed by atoms with van der Waals surface area (Å²) in [4.78, 5) is 13.3. The number of nitrogens with one attached hydrogen (secondary N) is 1. The van der Waals surface area contributed by atoms with Crippen molar-refractivity contribution in [3.05, 3.63) is 41.0 Å². The summed E-state index contributed by atoms with van der Waals surface area (Å²) >= 11 is 4.94. The van der Waals surface area contributed by atoms with Gasteiger partial charge in [-0.15, -0.1) is 11.8 Å². The minimum absolute atomic E-state index is 0.0229. The van der Waals surface area contributed by atoms with Crippen LogP contribution >= 0.6 is 27.7 Å². The summed E-state index contributed by atoms with van der Waals surface area (Å²) in [6.07, 6.45) is 1.70. The third-order valence-corrected chi connectivity index (χ3v) is 4.55. The fourth-order valence-electron chi connectivity index (χ4n) is 1.82. The van der Waals surface area contributed by atoms with E-state index in [9.17, 15) is 4.79 Å². The average molecular weight is 368 g/mol. The Kier molecular flexibility index (Phi) is 5.47. The average Bonchev–Trinajstić information content (AvgIpc) is 2.89. The topological polar surface area (TPSA) is 46.9 Å². The van der Waals surface area contributed by atoms with Gasteiger partial charge in [0.15, 0.2) is 0 Å². The third kappa shape index (κ3) is 4.35. The Morgan fingerprint density at radius 1 is 1.24 bits per heavy atom. The van der Waals surface area contributed by atoms with Gasteiger partial charge in [0.25, 0.3) is 0 Å². The molecule has 1 amide bonds. The molecule has 1 atom stereocenters. The van der Waals surface area contributed by atoms with Crippen molar-refractivity contribution in [2.75, 3.05) is 5.32 Å². The van der Waals surface area contributed by atoms with E-state index in [0.717, 1.165) is 15.2 Å². The van der Waals surface area contributed by atoms with Gasteiger partial charge >= 0.3 is 0 Å². The van der Waals surface area contributed by atoms with Crippen molar-refractivity contribution >= 4 is 39.4 Å². The molecule has 0 aliphatic heterocycles. The van der Waals surface area contributed by atoms with Gasteiger partial charge in [-0.2, -0.15) is 5.10 Å². The maximum Gasteiger partial charge on any atom is 0.238 e. The highest BCUT2D eigenvalue weighted by molar-refractivity contribution is 9.10. The normalized spacial score (nSPS) is 12.4. The lowest BCUT2D eigenvalue weighted by molar-refractivity contribution is -0.115. The quantitative estimate of drug-likeness (QED) is 0.799. The number of anilines is 1. The second-order valence-electron chi connectivity index (χ2n) is 4.96. The molecule has 0 aliphatic carbocycles. The largest absolute Gasteiger partial charge is 0.310 e. The number of carbonyl (C=O) groups excluding carboxylic acids is 1. The van der Waals surface area contributed by atoms with Gasteiger partial charge in [-0.05, 0) is 45.0 Å². The molecule has 2 rings (SSSR count). The summed E-state index contributed by atoms with van der Waals surface area (Å²) in [5.74, 6) is 0.712. The number of nitrogens with zero attached hydrogens (tertiary/aromatic N) is 2. The smallest absolute Gasteiger partial charge is 0.238 e. The molecule has 0 bridgehead atoms. The summed E-state index contributed by atoms with van der Waals surface area (Å²) in [5, 5.41) is 6.97. The number of benzene rings is 1. The number of halogens is 1. The Bertz CT molecular complexity index is 610. The SMILES string of the molecule is CC(C)n1nccc1NC(=O)[C@@H](C)Sc1ccc(Br)cc1. The molecule has 0 unspecified atom stereocenters. The van der Waals surface area contributed by atoms with E-state index in [1.165, 1.54) is 11.8 Å². The molecular formula is C15H18BrN3OS. The zero-order chi connectivity index (χ0) is 15.4. The Balaban J connectivity index is 1.99. The third-order valence-electron chi connectivity index (χ3n) is 2.91. The summed E-state index contributed by atoms with van der Waals surface area (Å²) in [6.45, 7) is 5.96. The minimum Gasteiger partial charge on any atom is -0.310 e. The number of carbonyl (C=O) groups is 1.